The van der Waals surface area contributed by atoms with Crippen LogP contribution < -0.4 is 5.73 Å². The lowest BCUT2D eigenvalue weighted by atomic mass is 9.91. The number of aliphatic hydroxyl groups is 1. The molecular weight excluding hydrogens is 214 g/mol. The average Bonchev–Trinajstić information content (AvgIpc) is 2.77. The minimum atomic E-state index is -0.697. The van der Waals surface area contributed by atoms with Gasteiger partial charge in [0.15, 0.2) is 0 Å². The number of aryl methyl sites for hydroxylation is 1. The molecule has 2 rings (SSSR count). The first-order valence-corrected chi connectivity index (χ1v) is 5.71. The smallest absolute Gasteiger partial charge is 0.135 e. The maximum absolute atomic E-state index is 10.3. The molecule has 2 atom stereocenters. The van der Waals surface area contributed by atoms with Crippen LogP contribution in [0.2, 0.25) is 0 Å². The summed E-state index contributed by atoms with van der Waals surface area (Å²) >= 11 is 0. The number of rotatable bonds is 4. The van der Waals surface area contributed by atoms with E-state index in [1.165, 1.54) is 0 Å². The average molecular weight is 231 g/mol. The van der Waals surface area contributed by atoms with Crippen molar-refractivity contribution in [3.8, 4) is 0 Å². The molecule has 0 aliphatic carbocycles. The van der Waals surface area contributed by atoms with Gasteiger partial charge in [-0.25, -0.2) is 0 Å². The van der Waals surface area contributed by atoms with E-state index in [0.717, 1.165) is 11.1 Å². The minimum Gasteiger partial charge on any atom is -0.466 e. The standard InChI is InChI=1S/C14H17NO2/c1-10-7-8-17-14(10)13(16)12(9-15)11-5-3-2-4-6-11/h2-8,12-13,16H,9,15H2,1H3. The van der Waals surface area contributed by atoms with E-state index in [2.05, 4.69) is 0 Å². The monoisotopic (exact) mass is 231 g/mol. The molecule has 90 valence electrons. The summed E-state index contributed by atoms with van der Waals surface area (Å²) in [5.74, 6) is 0.463. The van der Waals surface area contributed by atoms with Gasteiger partial charge in [0.25, 0.3) is 0 Å². The molecule has 3 N–H and O–H groups in total. The van der Waals surface area contributed by atoms with E-state index in [1.54, 1.807) is 6.26 Å². The van der Waals surface area contributed by atoms with Gasteiger partial charge in [0, 0.05) is 12.5 Å². The van der Waals surface area contributed by atoms with Crippen LogP contribution in [-0.2, 0) is 0 Å². The predicted octanol–water partition coefficient (Wildman–Crippen LogP) is 2.36. The first kappa shape index (κ1) is 11.9. The molecule has 0 amide bonds. The first-order valence-electron chi connectivity index (χ1n) is 5.71. The highest BCUT2D eigenvalue weighted by Crippen LogP contribution is 2.32. The van der Waals surface area contributed by atoms with Crippen molar-refractivity contribution in [2.75, 3.05) is 6.54 Å². The molecule has 1 heterocycles. The van der Waals surface area contributed by atoms with Gasteiger partial charge >= 0.3 is 0 Å². The van der Waals surface area contributed by atoms with Crippen LogP contribution in [-0.4, -0.2) is 11.7 Å². The van der Waals surface area contributed by atoms with Gasteiger partial charge in [-0.05, 0) is 24.1 Å². The van der Waals surface area contributed by atoms with Gasteiger partial charge in [-0.1, -0.05) is 30.3 Å². The zero-order valence-corrected chi connectivity index (χ0v) is 9.84. The minimum absolute atomic E-state index is 0.138. The Balaban J connectivity index is 2.28. The van der Waals surface area contributed by atoms with Gasteiger partial charge < -0.3 is 15.3 Å². The van der Waals surface area contributed by atoms with Gasteiger partial charge in [-0.3, -0.25) is 0 Å². The zero-order chi connectivity index (χ0) is 12.3. The third-order valence-corrected chi connectivity index (χ3v) is 3.03. The molecule has 0 saturated carbocycles. The molecule has 3 heteroatoms. The summed E-state index contributed by atoms with van der Waals surface area (Å²) in [6.45, 7) is 2.30. The summed E-state index contributed by atoms with van der Waals surface area (Å²) in [5.41, 5.74) is 7.74. The van der Waals surface area contributed by atoms with Gasteiger partial charge in [-0.15, -0.1) is 0 Å². The van der Waals surface area contributed by atoms with Gasteiger partial charge in [-0.2, -0.15) is 0 Å². The van der Waals surface area contributed by atoms with Crippen LogP contribution in [0.25, 0.3) is 0 Å². The van der Waals surface area contributed by atoms with E-state index in [1.807, 2.05) is 43.3 Å². The van der Waals surface area contributed by atoms with E-state index in [-0.39, 0.29) is 5.92 Å². The molecule has 0 aliphatic rings. The van der Waals surface area contributed by atoms with E-state index in [4.69, 9.17) is 10.2 Å². The topological polar surface area (TPSA) is 59.4 Å². The van der Waals surface area contributed by atoms with Crippen LogP contribution >= 0.6 is 0 Å². The Morgan fingerprint density at radius 1 is 1.24 bits per heavy atom. The largest absolute Gasteiger partial charge is 0.466 e. The lowest BCUT2D eigenvalue weighted by Crippen LogP contribution is -2.20. The fourth-order valence-electron chi connectivity index (χ4n) is 2.02. The Labute approximate surface area is 101 Å². The molecule has 0 radical (unpaired) electrons. The summed E-state index contributed by atoms with van der Waals surface area (Å²) in [6, 6.07) is 11.6. The fraction of sp³-hybridized carbons (Fsp3) is 0.286. The van der Waals surface area contributed by atoms with Crippen molar-refractivity contribution in [1.29, 1.82) is 0 Å². The lowest BCUT2D eigenvalue weighted by molar-refractivity contribution is 0.121. The quantitative estimate of drug-likeness (QED) is 0.849. The van der Waals surface area contributed by atoms with Crippen molar-refractivity contribution in [3.05, 3.63) is 59.5 Å². The first-order chi connectivity index (χ1) is 8.24. The van der Waals surface area contributed by atoms with Gasteiger partial charge in [0.1, 0.15) is 11.9 Å². The molecule has 0 saturated heterocycles. The van der Waals surface area contributed by atoms with Crippen molar-refractivity contribution < 1.29 is 9.52 Å². The van der Waals surface area contributed by atoms with Crippen molar-refractivity contribution in [2.45, 2.75) is 18.9 Å². The second-order valence-electron chi connectivity index (χ2n) is 4.17. The number of aliphatic hydroxyl groups excluding tert-OH is 1. The van der Waals surface area contributed by atoms with E-state index < -0.39 is 6.10 Å². The molecule has 0 aliphatic heterocycles. The number of hydrogen-bond donors (Lipinski definition) is 2. The van der Waals surface area contributed by atoms with E-state index >= 15 is 0 Å². The summed E-state index contributed by atoms with van der Waals surface area (Å²) in [4.78, 5) is 0. The van der Waals surface area contributed by atoms with E-state index in [0.29, 0.717) is 12.3 Å². The molecule has 2 aromatic rings. The maximum atomic E-state index is 10.3. The second-order valence-corrected chi connectivity index (χ2v) is 4.17. The van der Waals surface area contributed by atoms with E-state index in [9.17, 15) is 5.11 Å². The highest BCUT2D eigenvalue weighted by atomic mass is 16.4. The molecule has 17 heavy (non-hydrogen) atoms. The van der Waals surface area contributed by atoms with Crippen LogP contribution in [0.1, 0.15) is 28.9 Å². The third-order valence-electron chi connectivity index (χ3n) is 3.03. The molecule has 3 nitrogen and oxygen atoms in total. The summed E-state index contributed by atoms with van der Waals surface area (Å²) in [5, 5.41) is 10.3. The molecule has 0 spiro atoms. The highest BCUT2D eigenvalue weighted by molar-refractivity contribution is 5.26. The Morgan fingerprint density at radius 3 is 2.47 bits per heavy atom. The Bertz CT molecular complexity index is 464. The summed E-state index contributed by atoms with van der Waals surface area (Å²) in [6.07, 6.45) is 0.893. The normalized spacial score (nSPS) is 14.5. The Kier molecular flexibility index (Phi) is 3.61. The Morgan fingerprint density at radius 2 is 1.94 bits per heavy atom. The number of hydrogen-bond acceptors (Lipinski definition) is 3. The fourth-order valence-corrected chi connectivity index (χ4v) is 2.02. The maximum Gasteiger partial charge on any atom is 0.135 e. The highest BCUT2D eigenvalue weighted by Gasteiger charge is 2.24. The second kappa shape index (κ2) is 5.17. The number of furan rings is 1. The van der Waals surface area contributed by atoms with Crippen LogP contribution in [0.15, 0.2) is 47.1 Å². The Hall–Kier alpha value is -1.58. The molecule has 1 aromatic heterocycles. The lowest BCUT2D eigenvalue weighted by Gasteiger charge is -2.20. The van der Waals surface area contributed by atoms with Crippen LogP contribution in [0.4, 0.5) is 0 Å². The molecular formula is C14H17NO2. The molecule has 2 unspecified atom stereocenters. The van der Waals surface area contributed by atoms with Crippen LogP contribution in [0, 0.1) is 6.92 Å². The third kappa shape index (κ3) is 2.40. The molecule has 0 fully saturated rings. The predicted molar refractivity (Wildman–Crippen MR) is 66.6 cm³/mol. The zero-order valence-electron chi connectivity index (χ0n) is 9.84. The van der Waals surface area contributed by atoms with Crippen LogP contribution in [0.5, 0.6) is 0 Å². The summed E-state index contributed by atoms with van der Waals surface area (Å²) in [7, 11) is 0. The van der Waals surface area contributed by atoms with Gasteiger partial charge in [0.05, 0.1) is 6.26 Å². The number of benzene rings is 1. The molecule has 1 aromatic carbocycles. The number of nitrogens with two attached hydrogens (primary N) is 1. The van der Waals surface area contributed by atoms with Gasteiger partial charge in [0.2, 0.25) is 0 Å². The summed E-state index contributed by atoms with van der Waals surface area (Å²) < 4.78 is 5.32. The van der Waals surface area contributed by atoms with Crippen molar-refractivity contribution in [2.24, 2.45) is 5.73 Å². The van der Waals surface area contributed by atoms with Crippen LogP contribution in [0.3, 0.4) is 0 Å². The SMILES string of the molecule is Cc1ccoc1C(O)C(CN)c1ccccc1. The van der Waals surface area contributed by atoms with Crippen molar-refractivity contribution in [1.82, 2.24) is 0 Å². The molecule has 0 bridgehead atoms. The van der Waals surface area contributed by atoms with Crippen molar-refractivity contribution >= 4 is 0 Å². The van der Waals surface area contributed by atoms with Crippen molar-refractivity contribution in [3.63, 3.8) is 0 Å².